The molecule has 0 bridgehead atoms. The van der Waals surface area contributed by atoms with Crippen molar-refractivity contribution in [3.8, 4) is 5.75 Å². The molecule has 0 aromatic heterocycles. The fraction of sp³-hybridized carbons (Fsp3) is 0.412. The van der Waals surface area contributed by atoms with Crippen LogP contribution < -0.4 is 10.1 Å². The van der Waals surface area contributed by atoms with Crippen LogP contribution in [0.2, 0.25) is 0 Å². The lowest BCUT2D eigenvalue weighted by molar-refractivity contribution is 0.419. The van der Waals surface area contributed by atoms with E-state index in [1.54, 1.807) is 7.11 Å². The summed E-state index contributed by atoms with van der Waals surface area (Å²) in [5.41, 5.74) is 1.29. The van der Waals surface area contributed by atoms with Gasteiger partial charge in [0.1, 0.15) is 5.75 Å². The van der Waals surface area contributed by atoms with Gasteiger partial charge in [0.05, 0.1) is 7.11 Å². The van der Waals surface area contributed by atoms with Crippen LogP contribution in [-0.2, 0) is 17.3 Å². The predicted molar refractivity (Wildman–Crippen MR) is 88.2 cm³/mol. The standard InChI is InChI=1S/C17H21NO2S/c1-20-17-7-6-13(15-4-2-3-5-16(15)17)12-18-14-8-10-21(19)11-9-14/h2-7,14,18H,8-12H2,1H3. The Hall–Kier alpha value is -1.39. The summed E-state index contributed by atoms with van der Waals surface area (Å²) >= 11 is 0. The quantitative estimate of drug-likeness (QED) is 0.944. The molecule has 0 aliphatic carbocycles. The molecular weight excluding hydrogens is 282 g/mol. The summed E-state index contributed by atoms with van der Waals surface area (Å²) in [7, 11) is 1.12. The molecule has 112 valence electrons. The molecule has 4 heteroatoms. The van der Waals surface area contributed by atoms with Gasteiger partial charge in [-0.1, -0.05) is 30.3 Å². The zero-order valence-electron chi connectivity index (χ0n) is 12.3. The van der Waals surface area contributed by atoms with Gasteiger partial charge in [-0.05, 0) is 29.9 Å². The van der Waals surface area contributed by atoms with Crippen molar-refractivity contribution in [2.24, 2.45) is 0 Å². The summed E-state index contributed by atoms with van der Waals surface area (Å²) in [4.78, 5) is 0. The molecule has 1 aliphatic heterocycles. The van der Waals surface area contributed by atoms with Crippen LogP contribution in [0.5, 0.6) is 5.75 Å². The number of nitrogens with one attached hydrogen (secondary N) is 1. The summed E-state index contributed by atoms with van der Waals surface area (Å²) < 4.78 is 16.8. The molecule has 21 heavy (non-hydrogen) atoms. The monoisotopic (exact) mass is 303 g/mol. The van der Waals surface area contributed by atoms with Crippen LogP contribution in [0.3, 0.4) is 0 Å². The van der Waals surface area contributed by atoms with Crippen LogP contribution in [-0.4, -0.2) is 28.9 Å². The van der Waals surface area contributed by atoms with E-state index in [0.29, 0.717) is 6.04 Å². The zero-order chi connectivity index (χ0) is 14.7. The summed E-state index contributed by atoms with van der Waals surface area (Å²) in [6.45, 7) is 0.849. The highest BCUT2D eigenvalue weighted by Gasteiger charge is 2.17. The summed E-state index contributed by atoms with van der Waals surface area (Å²) in [6, 6.07) is 13.0. The highest BCUT2D eigenvalue weighted by molar-refractivity contribution is 7.85. The van der Waals surface area contributed by atoms with Crippen molar-refractivity contribution < 1.29 is 8.95 Å². The molecule has 0 radical (unpaired) electrons. The van der Waals surface area contributed by atoms with E-state index < -0.39 is 10.8 Å². The third-order valence-corrected chi connectivity index (χ3v) is 5.55. The molecule has 0 atom stereocenters. The Morgan fingerprint density at radius 2 is 1.86 bits per heavy atom. The number of benzene rings is 2. The van der Waals surface area contributed by atoms with Gasteiger partial charge in [0.2, 0.25) is 0 Å². The summed E-state index contributed by atoms with van der Waals surface area (Å²) in [5.74, 6) is 2.59. The van der Waals surface area contributed by atoms with Crippen LogP contribution in [0.15, 0.2) is 36.4 Å². The molecule has 1 fully saturated rings. The largest absolute Gasteiger partial charge is 0.496 e. The molecule has 0 saturated carbocycles. The van der Waals surface area contributed by atoms with Gasteiger partial charge in [-0.15, -0.1) is 0 Å². The summed E-state index contributed by atoms with van der Waals surface area (Å²) in [5, 5.41) is 6.01. The van der Waals surface area contributed by atoms with Gasteiger partial charge in [0, 0.05) is 40.3 Å². The van der Waals surface area contributed by atoms with Gasteiger partial charge in [-0.2, -0.15) is 0 Å². The van der Waals surface area contributed by atoms with Gasteiger partial charge < -0.3 is 10.1 Å². The van der Waals surface area contributed by atoms with Gasteiger partial charge in [-0.25, -0.2) is 0 Å². The van der Waals surface area contributed by atoms with Crippen LogP contribution in [0.4, 0.5) is 0 Å². The van der Waals surface area contributed by atoms with Crippen molar-refractivity contribution in [3.05, 3.63) is 42.0 Å². The Bertz CT molecular complexity index is 646. The molecule has 3 rings (SSSR count). The normalized spacial score (nSPS) is 22.3. The van der Waals surface area contributed by atoms with Crippen LogP contribution >= 0.6 is 0 Å². The first kappa shape index (κ1) is 14.5. The maximum Gasteiger partial charge on any atom is 0.126 e. The Morgan fingerprint density at radius 3 is 2.57 bits per heavy atom. The van der Waals surface area contributed by atoms with Crippen molar-refractivity contribution in [1.82, 2.24) is 5.32 Å². The fourth-order valence-corrected chi connectivity index (χ4v) is 4.22. The molecule has 1 heterocycles. The topological polar surface area (TPSA) is 38.3 Å². The maximum absolute atomic E-state index is 11.4. The lowest BCUT2D eigenvalue weighted by Gasteiger charge is -2.23. The van der Waals surface area contributed by atoms with Crippen molar-refractivity contribution in [3.63, 3.8) is 0 Å². The zero-order valence-corrected chi connectivity index (χ0v) is 13.1. The number of hydrogen-bond acceptors (Lipinski definition) is 3. The minimum atomic E-state index is -0.592. The number of rotatable bonds is 4. The van der Waals surface area contributed by atoms with Gasteiger partial charge >= 0.3 is 0 Å². The Morgan fingerprint density at radius 1 is 1.14 bits per heavy atom. The molecule has 2 aromatic carbocycles. The SMILES string of the molecule is COc1ccc(CNC2CCS(=O)CC2)c2ccccc12. The molecule has 2 aromatic rings. The number of fused-ring (bicyclic) bond motifs is 1. The Labute approximate surface area is 128 Å². The van der Waals surface area contributed by atoms with Crippen molar-refractivity contribution in [1.29, 1.82) is 0 Å². The van der Waals surface area contributed by atoms with Crippen LogP contribution in [0.25, 0.3) is 10.8 Å². The number of hydrogen-bond donors (Lipinski definition) is 1. The predicted octanol–water partition coefficient (Wildman–Crippen LogP) is 2.85. The second-order valence-corrected chi connectivity index (χ2v) is 7.17. The summed E-state index contributed by atoms with van der Waals surface area (Å²) in [6.07, 6.45) is 2.03. The fourth-order valence-electron chi connectivity index (χ4n) is 2.92. The van der Waals surface area contributed by atoms with Crippen molar-refractivity contribution >= 4 is 21.6 Å². The Balaban J connectivity index is 1.76. The minimum absolute atomic E-state index is 0.489. The Kier molecular flexibility index (Phi) is 4.56. The molecule has 0 unspecified atom stereocenters. The lowest BCUT2D eigenvalue weighted by Crippen LogP contribution is -2.35. The maximum atomic E-state index is 11.4. The van der Waals surface area contributed by atoms with Crippen molar-refractivity contribution in [2.75, 3.05) is 18.6 Å². The smallest absolute Gasteiger partial charge is 0.126 e. The first-order valence-electron chi connectivity index (χ1n) is 7.41. The first-order valence-corrected chi connectivity index (χ1v) is 8.89. The molecule has 0 amide bonds. The van der Waals surface area contributed by atoms with E-state index in [1.165, 1.54) is 10.9 Å². The van der Waals surface area contributed by atoms with E-state index in [0.717, 1.165) is 42.0 Å². The van der Waals surface area contributed by atoms with Gasteiger partial charge in [0.25, 0.3) is 0 Å². The molecule has 1 aliphatic rings. The van der Waals surface area contributed by atoms with Crippen LogP contribution in [0, 0.1) is 0 Å². The third-order valence-electron chi connectivity index (χ3n) is 4.16. The molecular formula is C17H21NO2S. The van der Waals surface area contributed by atoms with Crippen molar-refractivity contribution in [2.45, 2.75) is 25.4 Å². The number of methoxy groups -OCH3 is 1. The highest BCUT2D eigenvalue weighted by atomic mass is 32.2. The van der Waals surface area contributed by atoms with E-state index in [-0.39, 0.29) is 0 Å². The van der Waals surface area contributed by atoms with E-state index in [1.807, 2.05) is 12.1 Å². The van der Waals surface area contributed by atoms with Gasteiger partial charge in [0.15, 0.2) is 0 Å². The van der Waals surface area contributed by atoms with E-state index in [4.69, 9.17) is 4.74 Å². The average Bonchev–Trinajstić information content (AvgIpc) is 2.54. The van der Waals surface area contributed by atoms with E-state index in [2.05, 4.69) is 29.6 Å². The molecule has 1 saturated heterocycles. The lowest BCUT2D eigenvalue weighted by atomic mass is 10.0. The average molecular weight is 303 g/mol. The minimum Gasteiger partial charge on any atom is -0.496 e. The second kappa shape index (κ2) is 6.58. The first-order chi connectivity index (χ1) is 10.3. The molecule has 0 spiro atoms. The highest BCUT2D eigenvalue weighted by Crippen LogP contribution is 2.28. The number of ether oxygens (including phenoxy) is 1. The van der Waals surface area contributed by atoms with Gasteiger partial charge in [-0.3, -0.25) is 4.21 Å². The van der Waals surface area contributed by atoms with E-state index in [9.17, 15) is 4.21 Å². The second-order valence-electron chi connectivity index (χ2n) is 5.48. The van der Waals surface area contributed by atoms with Crippen LogP contribution in [0.1, 0.15) is 18.4 Å². The third kappa shape index (κ3) is 3.27. The molecule has 3 nitrogen and oxygen atoms in total. The van der Waals surface area contributed by atoms with E-state index >= 15 is 0 Å². The molecule has 1 N–H and O–H groups in total.